The van der Waals surface area contributed by atoms with Crippen LogP contribution in [0.25, 0.3) is 0 Å². The summed E-state index contributed by atoms with van der Waals surface area (Å²) in [6, 6.07) is 18.4. The fourth-order valence-electron chi connectivity index (χ4n) is 4.84. The second-order valence-electron chi connectivity index (χ2n) is 9.36. The molecule has 4 rings (SSSR count). The van der Waals surface area contributed by atoms with Crippen molar-refractivity contribution >= 4 is 11.9 Å². The van der Waals surface area contributed by atoms with E-state index in [-0.39, 0.29) is 0 Å². The van der Waals surface area contributed by atoms with E-state index in [9.17, 15) is 20.0 Å². The fourth-order valence-corrected chi connectivity index (χ4v) is 4.84. The molecule has 0 spiro atoms. The molecule has 2 saturated carbocycles. The van der Waals surface area contributed by atoms with Gasteiger partial charge in [0.15, 0.2) is 0 Å². The standard InChI is InChI=1S/C27H27NO5/c1-26(2)23(13-14-24(29)32-17-18-11-12-18)27(26,25(30)31)22(16-28)19-7-6-10-21(15-19)33-20-8-4-3-5-9-20/h3-10,13-15,18,22-23H,11-12,17H2,1-2H3,(H,30,31)/t22?,23-,27+/m0/s1. The molecule has 6 nitrogen and oxygen atoms in total. The number of rotatable bonds is 9. The molecule has 170 valence electrons. The number of carbonyl (C=O) groups is 2. The number of aliphatic carboxylic acids is 1. The van der Waals surface area contributed by atoms with Crippen molar-refractivity contribution in [2.24, 2.45) is 22.7 Å². The molecule has 0 aromatic heterocycles. The SMILES string of the molecule is CC1(C)[C@H](C=CC(=O)OCC2CC2)[C@@]1(C(=O)O)C(C#N)c1cccc(Oc2ccccc2)c1. The second-order valence-corrected chi connectivity index (χ2v) is 9.36. The molecule has 0 bridgehead atoms. The van der Waals surface area contributed by atoms with Crippen LogP contribution < -0.4 is 4.74 Å². The highest BCUT2D eigenvalue weighted by molar-refractivity contribution is 5.86. The topological polar surface area (TPSA) is 96.6 Å². The summed E-state index contributed by atoms with van der Waals surface area (Å²) in [6.45, 7) is 4.04. The molecular weight excluding hydrogens is 418 g/mol. The molecular formula is C27H27NO5. The van der Waals surface area contributed by atoms with Gasteiger partial charge in [-0.1, -0.05) is 50.3 Å². The Morgan fingerprint density at radius 2 is 1.85 bits per heavy atom. The van der Waals surface area contributed by atoms with Gasteiger partial charge in [-0.2, -0.15) is 5.26 Å². The molecule has 6 heteroatoms. The lowest BCUT2D eigenvalue weighted by Gasteiger charge is -2.22. The first-order valence-corrected chi connectivity index (χ1v) is 11.1. The Morgan fingerprint density at radius 3 is 2.48 bits per heavy atom. The number of carboxylic acid groups (broad SMARTS) is 1. The number of hydrogen-bond acceptors (Lipinski definition) is 5. The first-order valence-electron chi connectivity index (χ1n) is 11.1. The van der Waals surface area contributed by atoms with E-state index in [1.165, 1.54) is 6.08 Å². The molecule has 2 aromatic carbocycles. The highest BCUT2D eigenvalue weighted by atomic mass is 16.5. The molecule has 0 saturated heterocycles. The van der Waals surface area contributed by atoms with Crippen LogP contribution in [-0.4, -0.2) is 23.7 Å². The van der Waals surface area contributed by atoms with Crippen LogP contribution in [0.3, 0.4) is 0 Å². The summed E-state index contributed by atoms with van der Waals surface area (Å²) >= 11 is 0. The summed E-state index contributed by atoms with van der Waals surface area (Å²) in [5.74, 6) is -1.35. The minimum absolute atomic E-state index is 0.399. The van der Waals surface area contributed by atoms with E-state index in [1.807, 2.05) is 44.2 Å². The van der Waals surface area contributed by atoms with Gasteiger partial charge in [0.2, 0.25) is 0 Å². The number of ether oxygens (including phenoxy) is 2. The van der Waals surface area contributed by atoms with Gasteiger partial charge in [0.25, 0.3) is 0 Å². The Balaban J connectivity index is 1.59. The number of nitrogens with zero attached hydrogens (tertiary/aromatic N) is 1. The first-order chi connectivity index (χ1) is 15.8. The lowest BCUT2D eigenvalue weighted by Crippen LogP contribution is -2.28. The van der Waals surface area contributed by atoms with E-state index in [0.717, 1.165) is 12.8 Å². The highest BCUT2D eigenvalue weighted by Gasteiger charge is 2.78. The number of carbonyl (C=O) groups excluding carboxylic acids is 1. The van der Waals surface area contributed by atoms with Gasteiger partial charge in [-0.25, -0.2) is 4.79 Å². The molecule has 0 heterocycles. The zero-order chi connectivity index (χ0) is 23.6. The van der Waals surface area contributed by atoms with Crippen molar-refractivity contribution in [2.75, 3.05) is 6.61 Å². The summed E-state index contributed by atoms with van der Waals surface area (Å²) in [4.78, 5) is 24.7. The van der Waals surface area contributed by atoms with Crippen molar-refractivity contribution in [1.29, 1.82) is 5.26 Å². The molecule has 2 aliphatic rings. The van der Waals surface area contributed by atoms with Gasteiger partial charge in [0.1, 0.15) is 16.9 Å². The zero-order valence-corrected chi connectivity index (χ0v) is 18.7. The molecule has 0 amide bonds. The summed E-state index contributed by atoms with van der Waals surface area (Å²) in [5, 5.41) is 20.4. The largest absolute Gasteiger partial charge is 0.481 e. The van der Waals surface area contributed by atoms with Crippen LogP contribution in [0, 0.1) is 34.0 Å². The Hall–Kier alpha value is -3.59. The lowest BCUT2D eigenvalue weighted by atomic mass is 9.78. The smallest absolute Gasteiger partial charge is 0.330 e. The normalized spacial score (nSPS) is 24.0. The van der Waals surface area contributed by atoms with Gasteiger partial charge in [-0.15, -0.1) is 0 Å². The number of hydrogen-bond donors (Lipinski definition) is 1. The zero-order valence-electron chi connectivity index (χ0n) is 18.7. The lowest BCUT2D eigenvalue weighted by molar-refractivity contribution is -0.145. The quantitative estimate of drug-likeness (QED) is 0.414. The highest BCUT2D eigenvalue weighted by Crippen LogP contribution is 2.75. The van der Waals surface area contributed by atoms with Gasteiger partial charge in [-0.05, 0) is 54.0 Å². The predicted octanol–water partition coefficient (Wildman–Crippen LogP) is 5.32. The molecule has 2 aromatic rings. The van der Waals surface area contributed by atoms with Crippen LogP contribution in [0.15, 0.2) is 66.7 Å². The van der Waals surface area contributed by atoms with E-state index in [1.54, 1.807) is 30.3 Å². The summed E-state index contributed by atoms with van der Waals surface area (Å²) in [5.41, 5.74) is -1.54. The molecule has 3 atom stereocenters. The summed E-state index contributed by atoms with van der Waals surface area (Å²) in [6.07, 6.45) is 5.05. The molecule has 33 heavy (non-hydrogen) atoms. The summed E-state index contributed by atoms with van der Waals surface area (Å²) < 4.78 is 11.1. The van der Waals surface area contributed by atoms with Gasteiger partial charge in [0.05, 0.1) is 18.6 Å². The third kappa shape index (κ3) is 4.23. The van der Waals surface area contributed by atoms with E-state index in [4.69, 9.17) is 9.47 Å². The van der Waals surface area contributed by atoms with Gasteiger partial charge in [0, 0.05) is 12.0 Å². The maximum atomic E-state index is 12.6. The van der Waals surface area contributed by atoms with E-state index in [2.05, 4.69) is 6.07 Å². The number of benzene rings is 2. The van der Waals surface area contributed by atoms with Crippen molar-refractivity contribution in [3.05, 3.63) is 72.3 Å². The first kappa shape index (κ1) is 22.6. The van der Waals surface area contributed by atoms with Crippen molar-refractivity contribution in [3.8, 4) is 17.6 Å². The van der Waals surface area contributed by atoms with Crippen molar-refractivity contribution in [2.45, 2.75) is 32.6 Å². The molecule has 1 N–H and O–H groups in total. The second kappa shape index (κ2) is 8.74. The summed E-state index contributed by atoms with van der Waals surface area (Å²) in [7, 11) is 0. The van der Waals surface area contributed by atoms with E-state index in [0.29, 0.717) is 29.6 Å². The van der Waals surface area contributed by atoms with Crippen LogP contribution in [0.4, 0.5) is 0 Å². The number of carboxylic acids is 1. The van der Waals surface area contributed by atoms with Crippen LogP contribution in [0.5, 0.6) is 11.5 Å². The average Bonchev–Trinajstić information content (AvgIpc) is 3.69. The van der Waals surface area contributed by atoms with Crippen LogP contribution in [0.2, 0.25) is 0 Å². The molecule has 2 aliphatic carbocycles. The van der Waals surface area contributed by atoms with Crippen molar-refractivity contribution in [3.63, 3.8) is 0 Å². The molecule has 1 unspecified atom stereocenters. The van der Waals surface area contributed by atoms with Crippen LogP contribution >= 0.6 is 0 Å². The maximum absolute atomic E-state index is 12.6. The Bertz CT molecular complexity index is 1110. The van der Waals surface area contributed by atoms with Crippen molar-refractivity contribution < 1.29 is 24.2 Å². The average molecular weight is 446 g/mol. The fraction of sp³-hybridized carbons (Fsp3) is 0.370. The van der Waals surface area contributed by atoms with Crippen molar-refractivity contribution in [1.82, 2.24) is 0 Å². The third-order valence-electron chi connectivity index (χ3n) is 6.94. The van der Waals surface area contributed by atoms with E-state index < -0.39 is 34.6 Å². The Kier molecular flexibility index (Phi) is 5.99. The van der Waals surface area contributed by atoms with Crippen LogP contribution in [0.1, 0.15) is 38.2 Å². The number of nitriles is 1. The molecule has 2 fully saturated rings. The van der Waals surface area contributed by atoms with Gasteiger partial charge < -0.3 is 14.6 Å². The molecule has 0 radical (unpaired) electrons. The minimum atomic E-state index is -1.37. The number of para-hydroxylation sites is 1. The maximum Gasteiger partial charge on any atom is 0.330 e. The molecule has 0 aliphatic heterocycles. The number of allylic oxidation sites excluding steroid dienone is 1. The van der Waals surface area contributed by atoms with E-state index >= 15 is 0 Å². The van der Waals surface area contributed by atoms with Gasteiger partial charge in [-0.3, -0.25) is 4.79 Å². The Morgan fingerprint density at radius 1 is 1.15 bits per heavy atom. The third-order valence-corrected chi connectivity index (χ3v) is 6.94. The van der Waals surface area contributed by atoms with Crippen LogP contribution in [-0.2, 0) is 14.3 Å². The predicted molar refractivity (Wildman–Crippen MR) is 121 cm³/mol. The monoisotopic (exact) mass is 445 g/mol. The Labute approximate surface area is 193 Å². The van der Waals surface area contributed by atoms with Gasteiger partial charge >= 0.3 is 11.9 Å². The minimum Gasteiger partial charge on any atom is -0.481 e. The number of esters is 1.